The Labute approximate surface area is 151 Å². The molecule has 9 N–H and O–H groups in total. The predicted octanol–water partition coefficient (Wildman–Crippen LogP) is 0.102. The van der Waals surface area contributed by atoms with Crippen molar-refractivity contribution in [1.29, 1.82) is 0 Å². The van der Waals surface area contributed by atoms with Crippen LogP contribution >= 0.6 is 0 Å². The molecule has 0 unspecified atom stereocenters. The van der Waals surface area contributed by atoms with Gasteiger partial charge in [0, 0.05) is 12.2 Å². The number of aliphatic imine (C=N–C) groups is 1. The number of Topliss-reactive ketones (excluding diaryl/α,β-unsaturated/α-hetero) is 1. The lowest BCUT2D eigenvalue weighted by Gasteiger charge is -2.19. The number of nitrogens with zero attached hydrogens (tertiary/aromatic N) is 1. The van der Waals surface area contributed by atoms with Crippen LogP contribution in [0.15, 0.2) is 41.4 Å². The molecule has 0 aliphatic heterocycles. The molecule has 138 valence electrons. The van der Waals surface area contributed by atoms with Gasteiger partial charge < -0.3 is 28.3 Å². The molecule has 0 fully saturated rings. The van der Waals surface area contributed by atoms with Gasteiger partial charge >= 0.3 is 0 Å². The first-order valence-electron chi connectivity index (χ1n) is 8.30. The molecule has 2 aromatic rings. The van der Waals surface area contributed by atoms with Gasteiger partial charge in [0.1, 0.15) is 0 Å². The summed E-state index contributed by atoms with van der Waals surface area (Å²) in [4.78, 5) is 28.8. The van der Waals surface area contributed by atoms with Gasteiger partial charge in [0.05, 0.1) is 18.2 Å². The van der Waals surface area contributed by atoms with E-state index in [1.54, 1.807) is 6.07 Å². The molecule has 0 saturated heterocycles. The third-order valence-corrected chi connectivity index (χ3v) is 3.99. The van der Waals surface area contributed by atoms with Crippen molar-refractivity contribution >= 4 is 34.1 Å². The van der Waals surface area contributed by atoms with Gasteiger partial charge in [0.2, 0.25) is 5.91 Å². The lowest BCUT2D eigenvalue weighted by Crippen LogP contribution is -2.44. The van der Waals surface area contributed by atoms with Crippen molar-refractivity contribution in [2.45, 2.75) is 18.9 Å². The average Bonchev–Trinajstić information content (AvgIpc) is 2.63. The fourth-order valence-electron chi connectivity index (χ4n) is 2.76. The first-order chi connectivity index (χ1) is 12.4. The highest BCUT2D eigenvalue weighted by molar-refractivity contribution is 6.15. The van der Waals surface area contributed by atoms with Crippen LogP contribution < -0.4 is 28.3 Å². The molecule has 2 rings (SSSR count). The minimum Gasteiger partial charge on any atom is -0.398 e. The Morgan fingerprint density at radius 1 is 1.12 bits per heavy atom. The summed E-state index contributed by atoms with van der Waals surface area (Å²) in [6.07, 6.45) is 0.883. The fourth-order valence-corrected chi connectivity index (χ4v) is 2.76. The predicted molar refractivity (Wildman–Crippen MR) is 104 cm³/mol. The van der Waals surface area contributed by atoms with E-state index < -0.39 is 11.9 Å². The van der Waals surface area contributed by atoms with Crippen molar-refractivity contribution in [3.05, 3.63) is 42.0 Å². The Morgan fingerprint density at radius 2 is 1.85 bits per heavy atom. The first kappa shape index (κ1) is 19.2. The van der Waals surface area contributed by atoms with Crippen molar-refractivity contribution in [3.8, 4) is 0 Å². The number of nitrogens with two attached hydrogens (primary N) is 4. The number of carbonyl (C=O) groups excluding carboxylic acids is 2. The lowest BCUT2D eigenvalue weighted by molar-refractivity contribution is -0.120. The minimum absolute atomic E-state index is 0.0165. The van der Waals surface area contributed by atoms with Crippen molar-refractivity contribution in [3.63, 3.8) is 0 Å². The SMILES string of the molecule is NCC(=O)N[C@@H](CCCN=C(N)N)C(=O)c1c(N)ccc2ccccc12. The van der Waals surface area contributed by atoms with Crippen molar-refractivity contribution < 1.29 is 9.59 Å². The molecule has 1 amide bonds. The van der Waals surface area contributed by atoms with Gasteiger partial charge in [-0.15, -0.1) is 0 Å². The van der Waals surface area contributed by atoms with E-state index >= 15 is 0 Å². The Hall–Kier alpha value is -3.13. The normalized spacial score (nSPS) is 11.7. The third-order valence-electron chi connectivity index (χ3n) is 3.99. The summed E-state index contributed by atoms with van der Waals surface area (Å²) in [7, 11) is 0. The van der Waals surface area contributed by atoms with Crippen LogP contribution in [0.5, 0.6) is 0 Å². The van der Waals surface area contributed by atoms with Crippen molar-refractivity contribution in [1.82, 2.24) is 5.32 Å². The van der Waals surface area contributed by atoms with Gasteiger partial charge in [-0.1, -0.05) is 30.3 Å². The second-order valence-electron chi connectivity index (χ2n) is 5.89. The molecule has 0 spiro atoms. The van der Waals surface area contributed by atoms with E-state index in [1.807, 2.05) is 30.3 Å². The highest BCUT2D eigenvalue weighted by atomic mass is 16.2. The number of nitrogen functional groups attached to an aromatic ring is 1. The number of anilines is 1. The van der Waals surface area contributed by atoms with E-state index in [-0.39, 0.29) is 18.3 Å². The molecule has 0 aliphatic carbocycles. The Balaban J connectivity index is 2.32. The standard InChI is InChI=1S/C18H24N6O2/c19-10-15(25)24-14(6-3-9-23-18(21)22)17(26)16-12-5-2-1-4-11(12)7-8-13(16)20/h1-2,4-5,7-8,14H,3,6,9-10,19-20H2,(H,24,25)(H4,21,22,23)/t14-/m0/s1. The van der Waals surface area contributed by atoms with Gasteiger partial charge in [-0.25, -0.2) is 0 Å². The zero-order valence-electron chi connectivity index (χ0n) is 14.4. The summed E-state index contributed by atoms with van der Waals surface area (Å²) in [6.45, 7) is 0.151. The number of guanidine groups is 1. The van der Waals surface area contributed by atoms with Crippen LogP contribution in [-0.4, -0.2) is 36.8 Å². The highest BCUT2D eigenvalue weighted by Gasteiger charge is 2.24. The Morgan fingerprint density at radius 3 is 2.54 bits per heavy atom. The van der Waals surface area contributed by atoms with E-state index in [9.17, 15) is 9.59 Å². The maximum Gasteiger partial charge on any atom is 0.234 e. The van der Waals surface area contributed by atoms with Gasteiger partial charge in [0.25, 0.3) is 0 Å². The summed E-state index contributed by atoms with van der Waals surface area (Å²) in [5, 5.41) is 4.31. The van der Waals surface area contributed by atoms with Crippen molar-refractivity contribution in [2.24, 2.45) is 22.2 Å². The van der Waals surface area contributed by atoms with Crippen LogP contribution in [0.25, 0.3) is 10.8 Å². The number of hydrogen-bond donors (Lipinski definition) is 5. The van der Waals surface area contributed by atoms with Crippen molar-refractivity contribution in [2.75, 3.05) is 18.8 Å². The smallest absolute Gasteiger partial charge is 0.234 e. The fraction of sp³-hybridized carbons (Fsp3) is 0.278. The number of ketones is 1. The summed E-state index contributed by atoms with van der Waals surface area (Å²) in [5.74, 6) is -0.688. The monoisotopic (exact) mass is 356 g/mol. The topological polar surface area (TPSA) is 163 Å². The number of nitrogens with one attached hydrogen (secondary N) is 1. The zero-order chi connectivity index (χ0) is 19.1. The quantitative estimate of drug-likeness (QED) is 0.148. The van der Waals surface area contributed by atoms with Gasteiger partial charge in [0.15, 0.2) is 11.7 Å². The molecule has 0 aromatic heterocycles. The molecule has 0 saturated carbocycles. The molecule has 2 aromatic carbocycles. The number of amides is 1. The zero-order valence-corrected chi connectivity index (χ0v) is 14.4. The average molecular weight is 356 g/mol. The minimum atomic E-state index is -0.756. The maximum absolute atomic E-state index is 13.1. The Kier molecular flexibility index (Phi) is 6.51. The molecule has 8 nitrogen and oxygen atoms in total. The first-order valence-corrected chi connectivity index (χ1v) is 8.30. The molecule has 0 heterocycles. The van der Waals surface area contributed by atoms with E-state index in [1.165, 1.54) is 0 Å². The van der Waals surface area contributed by atoms with E-state index in [4.69, 9.17) is 22.9 Å². The van der Waals surface area contributed by atoms with Crippen LogP contribution in [0.1, 0.15) is 23.2 Å². The summed E-state index contributed by atoms with van der Waals surface area (Å²) in [5.41, 5.74) is 22.8. The third kappa shape index (κ3) is 4.70. The number of carbonyl (C=O) groups is 2. The van der Waals surface area contributed by atoms with E-state index in [2.05, 4.69) is 10.3 Å². The van der Waals surface area contributed by atoms with Gasteiger partial charge in [-0.3, -0.25) is 14.6 Å². The van der Waals surface area contributed by atoms with Crippen LogP contribution in [0.4, 0.5) is 5.69 Å². The molecule has 0 radical (unpaired) electrons. The maximum atomic E-state index is 13.1. The van der Waals surface area contributed by atoms with E-state index in [0.717, 1.165) is 10.8 Å². The second-order valence-corrected chi connectivity index (χ2v) is 5.89. The summed E-state index contributed by atoms with van der Waals surface area (Å²) >= 11 is 0. The number of rotatable bonds is 8. The van der Waals surface area contributed by atoms with Crippen LogP contribution in [-0.2, 0) is 4.79 Å². The Bertz CT molecular complexity index is 830. The highest BCUT2D eigenvalue weighted by Crippen LogP contribution is 2.26. The molecular formula is C18H24N6O2. The van der Waals surface area contributed by atoms with Gasteiger partial charge in [-0.2, -0.15) is 0 Å². The van der Waals surface area contributed by atoms with Crippen LogP contribution in [0, 0.1) is 0 Å². The number of hydrogen-bond acceptors (Lipinski definition) is 5. The molecule has 26 heavy (non-hydrogen) atoms. The molecule has 0 bridgehead atoms. The van der Waals surface area contributed by atoms with Gasteiger partial charge in [-0.05, 0) is 29.7 Å². The molecule has 1 atom stereocenters. The number of fused-ring (bicyclic) bond motifs is 1. The number of benzene rings is 2. The molecular weight excluding hydrogens is 332 g/mol. The second kappa shape index (κ2) is 8.82. The summed E-state index contributed by atoms with van der Waals surface area (Å²) in [6, 6.07) is 10.2. The lowest BCUT2D eigenvalue weighted by atomic mass is 9.93. The molecule has 0 aliphatic rings. The molecule has 8 heteroatoms. The van der Waals surface area contributed by atoms with Crippen LogP contribution in [0.2, 0.25) is 0 Å². The van der Waals surface area contributed by atoms with E-state index in [0.29, 0.717) is 30.6 Å². The largest absolute Gasteiger partial charge is 0.398 e. The van der Waals surface area contributed by atoms with Crippen LogP contribution in [0.3, 0.4) is 0 Å². The summed E-state index contributed by atoms with van der Waals surface area (Å²) < 4.78 is 0.